The predicted octanol–water partition coefficient (Wildman–Crippen LogP) is 2.04. The van der Waals surface area contributed by atoms with E-state index in [4.69, 9.17) is 16.2 Å². The Morgan fingerprint density at radius 3 is 2.67 bits per heavy atom. The van der Waals surface area contributed by atoms with Crippen molar-refractivity contribution in [3.8, 4) is 5.75 Å². The number of hydrogen-bond acceptors (Lipinski definition) is 4. The van der Waals surface area contributed by atoms with Crippen molar-refractivity contribution in [2.24, 2.45) is 5.73 Å². The van der Waals surface area contributed by atoms with Gasteiger partial charge in [0.1, 0.15) is 0 Å². The minimum atomic E-state index is -0.497. The Balaban J connectivity index is 2.37. The highest BCUT2D eigenvalue weighted by Crippen LogP contribution is 2.35. The van der Waals surface area contributed by atoms with Crippen LogP contribution in [0.5, 0.6) is 5.75 Å². The number of primary amides is 1. The first-order valence-electron chi connectivity index (χ1n) is 7.29. The van der Waals surface area contributed by atoms with Gasteiger partial charge in [-0.25, -0.2) is 4.39 Å². The molecule has 6 heteroatoms. The fourth-order valence-corrected chi connectivity index (χ4v) is 2.87. The molecule has 4 N–H and O–H groups in total. The molecule has 2 rings (SSSR count). The van der Waals surface area contributed by atoms with Crippen LogP contribution in [0.4, 0.5) is 15.8 Å². The summed E-state index contributed by atoms with van der Waals surface area (Å²) in [6, 6.07) is 3.01. The predicted molar refractivity (Wildman–Crippen MR) is 80.8 cm³/mol. The van der Waals surface area contributed by atoms with Crippen LogP contribution in [0, 0.1) is 5.82 Å². The van der Waals surface area contributed by atoms with E-state index in [1.54, 1.807) is 13.0 Å². The second-order valence-corrected chi connectivity index (χ2v) is 5.31. The van der Waals surface area contributed by atoms with Gasteiger partial charge < -0.3 is 21.1 Å². The number of carbonyl (C=O) groups is 1. The topological polar surface area (TPSA) is 81.6 Å². The van der Waals surface area contributed by atoms with E-state index in [0.717, 1.165) is 25.7 Å². The molecular formula is C15H22FN3O2. The molecule has 0 aliphatic heterocycles. The molecule has 1 aromatic carbocycles. The zero-order valence-corrected chi connectivity index (χ0v) is 12.3. The van der Waals surface area contributed by atoms with Crippen LogP contribution >= 0.6 is 0 Å². The van der Waals surface area contributed by atoms with E-state index >= 15 is 0 Å². The monoisotopic (exact) mass is 295 g/mol. The van der Waals surface area contributed by atoms with Crippen LogP contribution in [-0.4, -0.2) is 25.1 Å². The molecule has 1 aliphatic rings. The first kappa shape index (κ1) is 15.4. The maximum atomic E-state index is 13.8. The van der Waals surface area contributed by atoms with Crippen LogP contribution < -0.4 is 21.1 Å². The van der Waals surface area contributed by atoms with Crippen LogP contribution in [0.2, 0.25) is 0 Å². The molecule has 1 fully saturated rings. The van der Waals surface area contributed by atoms with Crippen molar-refractivity contribution in [1.29, 1.82) is 0 Å². The summed E-state index contributed by atoms with van der Waals surface area (Å²) >= 11 is 0. The third-order valence-electron chi connectivity index (χ3n) is 3.78. The number of ether oxygens (including phenoxy) is 1. The second kappa shape index (κ2) is 6.65. The summed E-state index contributed by atoms with van der Waals surface area (Å²) < 4.78 is 19.1. The number of benzene rings is 1. The highest BCUT2D eigenvalue weighted by molar-refractivity contribution is 5.82. The molecule has 1 aromatic rings. The summed E-state index contributed by atoms with van der Waals surface area (Å²) in [6.45, 7) is 2.22. The molecule has 0 radical (unpaired) electrons. The van der Waals surface area contributed by atoms with Gasteiger partial charge in [-0.3, -0.25) is 4.79 Å². The smallest absolute Gasteiger partial charge is 0.236 e. The van der Waals surface area contributed by atoms with Gasteiger partial charge in [-0.05, 0) is 19.8 Å². The lowest BCUT2D eigenvalue weighted by molar-refractivity contribution is -0.116. The number of amides is 1. The Bertz CT molecular complexity index is 516. The van der Waals surface area contributed by atoms with Crippen molar-refractivity contribution >= 4 is 17.3 Å². The average Bonchev–Trinajstić information content (AvgIpc) is 2.93. The molecule has 0 bridgehead atoms. The van der Waals surface area contributed by atoms with Gasteiger partial charge in [0.05, 0.1) is 24.5 Å². The molecule has 1 saturated carbocycles. The number of halogens is 1. The van der Waals surface area contributed by atoms with Crippen molar-refractivity contribution in [3.05, 3.63) is 17.9 Å². The number of anilines is 2. The summed E-state index contributed by atoms with van der Waals surface area (Å²) in [4.78, 5) is 13.2. The molecule has 0 spiro atoms. The molecule has 21 heavy (non-hydrogen) atoms. The van der Waals surface area contributed by atoms with Crippen LogP contribution in [-0.2, 0) is 4.79 Å². The van der Waals surface area contributed by atoms with Crippen molar-refractivity contribution in [2.45, 2.75) is 38.6 Å². The normalized spacial score (nSPS) is 15.1. The molecule has 0 atom stereocenters. The lowest BCUT2D eigenvalue weighted by Crippen LogP contribution is -2.40. The number of nitrogens with zero attached hydrogens (tertiary/aromatic N) is 1. The maximum absolute atomic E-state index is 13.8. The van der Waals surface area contributed by atoms with E-state index in [1.807, 2.05) is 4.90 Å². The Labute approximate surface area is 124 Å². The fourth-order valence-electron chi connectivity index (χ4n) is 2.87. The number of nitrogen functional groups attached to an aromatic ring is 1. The van der Waals surface area contributed by atoms with E-state index in [-0.39, 0.29) is 18.3 Å². The lowest BCUT2D eigenvalue weighted by atomic mass is 10.1. The van der Waals surface area contributed by atoms with Crippen LogP contribution in [0.15, 0.2) is 12.1 Å². The summed E-state index contributed by atoms with van der Waals surface area (Å²) in [7, 11) is 0. The minimum absolute atomic E-state index is 0.0755. The molecule has 0 heterocycles. The van der Waals surface area contributed by atoms with Crippen molar-refractivity contribution in [2.75, 3.05) is 23.8 Å². The third-order valence-corrected chi connectivity index (χ3v) is 3.78. The Morgan fingerprint density at radius 2 is 2.10 bits per heavy atom. The van der Waals surface area contributed by atoms with Crippen LogP contribution in [0.3, 0.4) is 0 Å². The first-order valence-corrected chi connectivity index (χ1v) is 7.29. The molecule has 1 amide bonds. The van der Waals surface area contributed by atoms with Gasteiger partial charge in [0, 0.05) is 18.2 Å². The van der Waals surface area contributed by atoms with Crippen molar-refractivity contribution in [1.82, 2.24) is 0 Å². The summed E-state index contributed by atoms with van der Waals surface area (Å²) in [5.41, 5.74) is 12.2. The summed E-state index contributed by atoms with van der Waals surface area (Å²) in [5.74, 6) is -0.777. The number of carbonyl (C=O) groups excluding carboxylic acids is 1. The summed E-state index contributed by atoms with van der Waals surface area (Å²) in [6.07, 6.45) is 4.18. The highest BCUT2D eigenvalue weighted by atomic mass is 19.1. The Hall–Kier alpha value is -1.98. The lowest BCUT2D eigenvalue weighted by Gasteiger charge is -2.31. The SMILES string of the molecule is CCOc1cc(N(CC(N)=O)C2CCCC2)c(N)cc1F. The van der Waals surface area contributed by atoms with Gasteiger partial charge in [-0.2, -0.15) is 0 Å². The molecule has 0 saturated heterocycles. The van der Waals surface area contributed by atoms with Gasteiger partial charge in [0.2, 0.25) is 5.91 Å². The van der Waals surface area contributed by atoms with Gasteiger partial charge in [0.25, 0.3) is 0 Å². The second-order valence-electron chi connectivity index (χ2n) is 5.31. The average molecular weight is 295 g/mol. The standard InChI is InChI=1S/C15H22FN3O2/c1-2-21-14-8-13(12(17)7-11(14)16)19(9-15(18)20)10-5-3-4-6-10/h7-8,10H,2-6,9,17H2,1H3,(H2,18,20). The van der Waals surface area contributed by atoms with E-state index in [1.165, 1.54) is 6.07 Å². The number of nitrogens with two attached hydrogens (primary N) is 2. The van der Waals surface area contributed by atoms with Gasteiger partial charge in [0.15, 0.2) is 11.6 Å². The van der Waals surface area contributed by atoms with E-state index in [0.29, 0.717) is 18.0 Å². The highest BCUT2D eigenvalue weighted by Gasteiger charge is 2.26. The third kappa shape index (κ3) is 3.56. The largest absolute Gasteiger partial charge is 0.491 e. The van der Waals surface area contributed by atoms with E-state index in [9.17, 15) is 9.18 Å². The van der Waals surface area contributed by atoms with Gasteiger partial charge in [-0.15, -0.1) is 0 Å². The molecular weight excluding hydrogens is 273 g/mol. The van der Waals surface area contributed by atoms with Crippen molar-refractivity contribution in [3.63, 3.8) is 0 Å². The van der Waals surface area contributed by atoms with E-state index < -0.39 is 11.7 Å². The van der Waals surface area contributed by atoms with Gasteiger partial charge in [-0.1, -0.05) is 12.8 Å². The molecule has 0 unspecified atom stereocenters. The summed E-state index contributed by atoms with van der Waals surface area (Å²) in [5, 5.41) is 0. The quantitative estimate of drug-likeness (QED) is 0.787. The molecule has 0 aromatic heterocycles. The number of rotatable bonds is 6. The van der Waals surface area contributed by atoms with Crippen LogP contribution in [0.25, 0.3) is 0 Å². The van der Waals surface area contributed by atoms with Crippen LogP contribution in [0.1, 0.15) is 32.6 Å². The minimum Gasteiger partial charge on any atom is -0.491 e. The first-order chi connectivity index (χ1) is 10.0. The molecule has 1 aliphatic carbocycles. The zero-order chi connectivity index (χ0) is 15.4. The van der Waals surface area contributed by atoms with Crippen molar-refractivity contribution < 1.29 is 13.9 Å². The molecule has 116 valence electrons. The van der Waals surface area contributed by atoms with E-state index in [2.05, 4.69) is 0 Å². The maximum Gasteiger partial charge on any atom is 0.236 e. The number of hydrogen-bond donors (Lipinski definition) is 2. The fraction of sp³-hybridized carbons (Fsp3) is 0.533. The Kier molecular flexibility index (Phi) is 4.88. The van der Waals surface area contributed by atoms with Gasteiger partial charge >= 0.3 is 0 Å². The zero-order valence-electron chi connectivity index (χ0n) is 12.3. The molecule has 5 nitrogen and oxygen atoms in total. The Morgan fingerprint density at radius 1 is 1.43 bits per heavy atom.